The van der Waals surface area contributed by atoms with E-state index in [9.17, 15) is 4.79 Å². The lowest BCUT2D eigenvalue weighted by atomic mass is 9.95. The van der Waals surface area contributed by atoms with Crippen LogP contribution in [-0.2, 0) is 4.79 Å². The Morgan fingerprint density at radius 3 is 1.16 bits per heavy atom. The molecule has 51 heavy (non-hydrogen) atoms. The van der Waals surface area contributed by atoms with Crippen LogP contribution in [0.2, 0.25) is 0 Å². The van der Waals surface area contributed by atoms with Gasteiger partial charge in [0.2, 0.25) is 5.91 Å². The van der Waals surface area contributed by atoms with Gasteiger partial charge in [-0.15, -0.1) is 0 Å². The molecule has 6 saturated heterocycles. The van der Waals surface area contributed by atoms with Crippen molar-refractivity contribution >= 4 is 5.91 Å². The van der Waals surface area contributed by atoms with Crippen LogP contribution in [0.5, 0.6) is 0 Å². The van der Waals surface area contributed by atoms with Crippen molar-refractivity contribution in [2.45, 2.75) is 189 Å². The van der Waals surface area contributed by atoms with Gasteiger partial charge in [-0.2, -0.15) is 0 Å². The summed E-state index contributed by atoms with van der Waals surface area (Å²) in [5.74, 6) is 1.05. The molecule has 6 rings (SSSR count). The van der Waals surface area contributed by atoms with E-state index < -0.39 is 0 Å². The number of hydrogen-bond donors (Lipinski definition) is 1. The summed E-state index contributed by atoms with van der Waals surface area (Å²) in [7, 11) is 0. The fourth-order valence-corrected chi connectivity index (χ4v) is 8.86. The number of piperazine rings is 2. The molecule has 0 spiro atoms. The van der Waals surface area contributed by atoms with Crippen molar-refractivity contribution in [3.05, 3.63) is 0 Å². The van der Waals surface area contributed by atoms with Crippen LogP contribution >= 0.6 is 0 Å². The first kappa shape index (κ1) is 44.6. The predicted molar refractivity (Wildman–Crippen MR) is 220 cm³/mol. The zero-order valence-corrected chi connectivity index (χ0v) is 36.5. The average molecular weight is 718 g/mol. The molecule has 0 aromatic carbocycles. The second-order valence-corrected chi connectivity index (χ2v) is 20.9. The number of carbonyl (C=O) groups excluding carboxylic acids is 1. The molecule has 0 aromatic heterocycles. The second kappa shape index (κ2) is 19.2. The van der Waals surface area contributed by atoms with Crippen LogP contribution in [0.3, 0.4) is 0 Å². The van der Waals surface area contributed by atoms with Gasteiger partial charge >= 0.3 is 0 Å². The number of amides is 1. The average Bonchev–Trinajstić information content (AvgIpc) is 3.69. The topological polar surface area (TPSA) is 48.5 Å². The molecule has 6 heterocycles. The van der Waals surface area contributed by atoms with Gasteiger partial charge in [-0.1, -0.05) is 6.92 Å². The van der Waals surface area contributed by atoms with E-state index in [0.717, 1.165) is 43.9 Å². The van der Waals surface area contributed by atoms with Gasteiger partial charge in [-0.05, 0) is 167 Å². The second-order valence-electron chi connectivity index (χ2n) is 20.9. The Labute approximate surface area is 317 Å². The Hall–Kier alpha value is -0.770. The lowest BCUT2D eigenvalue weighted by Gasteiger charge is -2.44. The Morgan fingerprint density at radius 1 is 0.471 bits per heavy atom. The highest BCUT2D eigenvalue weighted by Gasteiger charge is 2.36. The highest BCUT2D eigenvalue weighted by Crippen LogP contribution is 2.27. The van der Waals surface area contributed by atoms with E-state index >= 15 is 0 Å². The van der Waals surface area contributed by atoms with E-state index in [0.29, 0.717) is 22.7 Å². The van der Waals surface area contributed by atoms with Crippen LogP contribution in [0.4, 0.5) is 0 Å². The maximum Gasteiger partial charge on any atom is 0.217 e. The van der Waals surface area contributed by atoms with E-state index in [1.807, 2.05) is 0 Å². The van der Waals surface area contributed by atoms with Gasteiger partial charge in [-0.3, -0.25) is 34.2 Å². The van der Waals surface area contributed by atoms with Gasteiger partial charge in [0.1, 0.15) is 0 Å². The van der Waals surface area contributed by atoms with E-state index in [-0.39, 0.29) is 11.4 Å². The predicted octanol–water partition coefficient (Wildman–Crippen LogP) is 7.03. The van der Waals surface area contributed by atoms with E-state index in [2.05, 4.69) is 125 Å². The first-order chi connectivity index (χ1) is 23.5. The summed E-state index contributed by atoms with van der Waals surface area (Å²) in [6.45, 7) is 46.8. The highest BCUT2D eigenvalue weighted by atomic mass is 16.1. The van der Waals surface area contributed by atoms with Gasteiger partial charge in [-0.25, -0.2) is 0 Å². The molecule has 8 heteroatoms. The molecular formula is C43H87N7O. The number of fused-ring (bicyclic) bond motifs is 2. The number of nitrogens with one attached hydrogen (secondary N) is 1. The van der Waals surface area contributed by atoms with Gasteiger partial charge in [0, 0.05) is 99.6 Å². The van der Waals surface area contributed by atoms with Gasteiger partial charge in [0.15, 0.2) is 0 Å². The van der Waals surface area contributed by atoms with Crippen molar-refractivity contribution in [1.82, 2.24) is 34.7 Å². The van der Waals surface area contributed by atoms with Crippen molar-refractivity contribution in [2.75, 3.05) is 78.5 Å². The molecule has 1 amide bonds. The Kier molecular flexibility index (Phi) is 16.8. The zero-order valence-electron chi connectivity index (χ0n) is 36.5. The summed E-state index contributed by atoms with van der Waals surface area (Å²) in [5, 5.41) is 2.99. The summed E-state index contributed by atoms with van der Waals surface area (Å²) >= 11 is 0. The number of hydrogen-bond acceptors (Lipinski definition) is 7. The van der Waals surface area contributed by atoms with Crippen molar-refractivity contribution in [3.63, 3.8) is 0 Å². The van der Waals surface area contributed by atoms with Crippen LogP contribution in [0.1, 0.15) is 148 Å². The molecule has 6 aliphatic heterocycles. The van der Waals surface area contributed by atoms with Crippen LogP contribution in [0.15, 0.2) is 0 Å². The SMILES string of the molecule is CC(=O)NC1CCN(C(C)(C)C)CC1.CC(C)(C)N1CCN2CCC[C@@H]2C1.CC(C)(C)N1CCN2CCC[C@H]2C1.CC1CCN(C(C)(C)C)CC1. The van der Waals surface area contributed by atoms with Crippen LogP contribution in [-0.4, -0.2) is 154 Å². The molecule has 0 unspecified atom stereocenters. The first-order valence-electron chi connectivity index (χ1n) is 21.3. The first-order valence-corrected chi connectivity index (χ1v) is 21.3. The molecule has 0 saturated carbocycles. The van der Waals surface area contributed by atoms with E-state index in [1.54, 1.807) is 6.92 Å². The molecule has 8 nitrogen and oxygen atoms in total. The summed E-state index contributed by atoms with van der Waals surface area (Å²) in [6.07, 6.45) is 10.6. The van der Waals surface area contributed by atoms with E-state index in [1.165, 1.54) is 104 Å². The molecule has 6 fully saturated rings. The van der Waals surface area contributed by atoms with E-state index in [4.69, 9.17) is 0 Å². The number of nitrogens with zero attached hydrogens (tertiary/aromatic N) is 6. The van der Waals surface area contributed by atoms with Crippen molar-refractivity contribution in [3.8, 4) is 0 Å². The van der Waals surface area contributed by atoms with Crippen molar-refractivity contribution in [1.29, 1.82) is 0 Å². The number of rotatable bonds is 1. The standard InChI is InChI=1S/C11H22N2O.2C11H22N2.C10H21N/c1-9(14)12-10-5-7-13(8-6-10)11(2,3)4;2*1-11(2,3)13-8-7-12-6-4-5-10(12)9-13;1-9-5-7-11(8-6-9)10(2,3)4/h10H,5-8H2,1-4H3,(H,12,14);2*10H,4-9H2,1-3H3;9H,5-8H2,1-4H3/t;2*10-;/m.10./s1. The molecular weight excluding hydrogens is 631 g/mol. The molecule has 0 aliphatic carbocycles. The maximum absolute atomic E-state index is 10.9. The van der Waals surface area contributed by atoms with Crippen molar-refractivity contribution in [2.24, 2.45) is 5.92 Å². The quantitative estimate of drug-likeness (QED) is 0.313. The van der Waals surface area contributed by atoms with Crippen LogP contribution in [0, 0.1) is 5.92 Å². The Bertz CT molecular complexity index is 963. The third-order valence-electron chi connectivity index (χ3n) is 12.7. The Balaban J connectivity index is 0.000000184. The molecule has 0 bridgehead atoms. The zero-order chi connectivity index (χ0) is 38.2. The summed E-state index contributed by atoms with van der Waals surface area (Å²) < 4.78 is 0. The third-order valence-corrected chi connectivity index (χ3v) is 12.7. The highest BCUT2D eigenvalue weighted by molar-refractivity contribution is 5.73. The number of piperidine rings is 2. The van der Waals surface area contributed by atoms with Crippen LogP contribution < -0.4 is 5.32 Å². The molecule has 0 radical (unpaired) electrons. The lowest BCUT2D eigenvalue weighted by Crippen LogP contribution is -2.56. The minimum atomic E-state index is 0.0965. The summed E-state index contributed by atoms with van der Waals surface area (Å²) in [6, 6.07) is 2.13. The third kappa shape index (κ3) is 15.1. The monoisotopic (exact) mass is 718 g/mol. The molecule has 2 atom stereocenters. The fourth-order valence-electron chi connectivity index (χ4n) is 8.86. The largest absolute Gasteiger partial charge is 0.354 e. The Morgan fingerprint density at radius 2 is 0.824 bits per heavy atom. The molecule has 0 aromatic rings. The minimum absolute atomic E-state index is 0.0965. The summed E-state index contributed by atoms with van der Waals surface area (Å²) in [4.78, 5) is 26.5. The van der Waals surface area contributed by atoms with Gasteiger partial charge < -0.3 is 5.32 Å². The molecule has 6 aliphatic rings. The van der Waals surface area contributed by atoms with Crippen LogP contribution in [0.25, 0.3) is 0 Å². The normalized spacial score (nSPS) is 27.3. The lowest BCUT2D eigenvalue weighted by molar-refractivity contribution is -0.120. The van der Waals surface area contributed by atoms with Gasteiger partial charge in [0.05, 0.1) is 0 Å². The maximum atomic E-state index is 10.9. The summed E-state index contributed by atoms with van der Waals surface area (Å²) in [5.41, 5.74) is 1.39. The smallest absolute Gasteiger partial charge is 0.217 e. The van der Waals surface area contributed by atoms with Gasteiger partial charge in [0.25, 0.3) is 0 Å². The molecule has 300 valence electrons. The number of carbonyl (C=O) groups is 1. The minimum Gasteiger partial charge on any atom is -0.354 e. The number of likely N-dealkylation sites (tertiary alicyclic amines) is 2. The molecule has 1 N–H and O–H groups in total. The fraction of sp³-hybridized carbons (Fsp3) is 0.977. The van der Waals surface area contributed by atoms with Crippen molar-refractivity contribution < 1.29 is 4.79 Å².